The van der Waals surface area contributed by atoms with E-state index in [0.29, 0.717) is 6.61 Å². The molecule has 0 aromatic rings. The Balaban J connectivity index is 1.74. The topological polar surface area (TPSA) is 29.5 Å². The molecule has 0 unspecified atom stereocenters. The van der Waals surface area contributed by atoms with Gasteiger partial charge in [-0.1, -0.05) is 18.2 Å². The summed E-state index contributed by atoms with van der Waals surface area (Å²) in [5, 5.41) is 0. The van der Waals surface area contributed by atoms with Gasteiger partial charge >= 0.3 is 5.97 Å². The molecule has 1 aliphatic carbocycles. The molecule has 0 amide bonds. The van der Waals surface area contributed by atoms with Gasteiger partial charge in [0.15, 0.2) is 0 Å². The first-order chi connectivity index (χ1) is 9.47. The molecule has 0 bridgehead atoms. The highest BCUT2D eigenvalue weighted by Crippen LogP contribution is 2.24. The highest BCUT2D eigenvalue weighted by Gasteiger charge is 2.30. The zero-order chi connectivity index (χ0) is 14.6. The van der Waals surface area contributed by atoms with Gasteiger partial charge in [0.2, 0.25) is 0 Å². The molecule has 1 saturated heterocycles. The van der Waals surface area contributed by atoms with E-state index in [1.165, 1.54) is 0 Å². The minimum absolute atomic E-state index is 0.0153. The summed E-state index contributed by atoms with van der Waals surface area (Å²) in [7, 11) is 0. The summed E-state index contributed by atoms with van der Waals surface area (Å²) in [5.74, 6) is 0.0696. The van der Waals surface area contributed by atoms with E-state index in [0.717, 1.165) is 44.3 Å². The Morgan fingerprint density at radius 2 is 2.00 bits per heavy atom. The van der Waals surface area contributed by atoms with Crippen LogP contribution in [-0.4, -0.2) is 36.1 Å². The molecule has 0 atom stereocenters. The normalized spacial score (nSPS) is 21.6. The molecule has 1 fully saturated rings. The van der Waals surface area contributed by atoms with E-state index >= 15 is 0 Å². The third kappa shape index (κ3) is 4.20. The molecular formula is C17H27NO2. The number of ether oxygens (including phenoxy) is 1. The molecule has 0 radical (unpaired) electrons. The highest BCUT2D eigenvalue weighted by molar-refractivity contribution is 5.72. The van der Waals surface area contributed by atoms with Gasteiger partial charge in [0.1, 0.15) is 6.61 Å². The van der Waals surface area contributed by atoms with Crippen LogP contribution in [0.3, 0.4) is 0 Å². The van der Waals surface area contributed by atoms with E-state index in [2.05, 4.69) is 43.9 Å². The lowest BCUT2D eigenvalue weighted by Gasteiger charge is -2.40. The van der Waals surface area contributed by atoms with Gasteiger partial charge in [0, 0.05) is 5.54 Å². The quantitative estimate of drug-likeness (QED) is 0.741. The molecule has 3 heteroatoms. The molecule has 112 valence electrons. The average molecular weight is 277 g/mol. The zero-order valence-electron chi connectivity index (χ0n) is 13.0. The van der Waals surface area contributed by atoms with Gasteiger partial charge in [0.05, 0.1) is 5.92 Å². The maximum atomic E-state index is 12.1. The van der Waals surface area contributed by atoms with Crippen LogP contribution in [0, 0.1) is 5.92 Å². The molecule has 20 heavy (non-hydrogen) atoms. The van der Waals surface area contributed by atoms with Crippen molar-refractivity contribution in [1.29, 1.82) is 0 Å². The van der Waals surface area contributed by atoms with Crippen molar-refractivity contribution in [1.82, 2.24) is 4.90 Å². The molecule has 1 heterocycles. The number of piperidine rings is 1. The Bertz CT molecular complexity index is 396. The number of carbonyl (C=O) groups is 1. The van der Waals surface area contributed by atoms with Crippen molar-refractivity contribution in [3.05, 3.63) is 23.8 Å². The fourth-order valence-electron chi connectivity index (χ4n) is 2.83. The lowest BCUT2D eigenvalue weighted by molar-refractivity contribution is -0.149. The molecule has 2 rings (SSSR count). The van der Waals surface area contributed by atoms with Gasteiger partial charge in [-0.25, -0.2) is 0 Å². The lowest BCUT2D eigenvalue weighted by atomic mass is 9.93. The Labute approximate surface area is 122 Å². The molecule has 0 aromatic carbocycles. The molecule has 2 aliphatic rings. The standard InChI is InChI=1S/C17H27NO2/c1-17(2,3)18-11-9-15(10-12-18)16(19)20-13-14-7-5-4-6-8-14/h5,7-8,15H,4,6,9-13H2,1-3H3. The monoisotopic (exact) mass is 277 g/mol. The van der Waals surface area contributed by atoms with Gasteiger partial charge in [-0.2, -0.15) is 0 Å². The van der Waals surface area contributed by atoms with E-state index in [4.69, 9.17) is 4.74 Å². The van der Waals surface area contributed by atoms with Gasteiger partial charge in [-0.3, -0.25) is 9.69 Å². The summed E-state index contributed by atoms with van der Waals surface area (Å²) in [6.45, 7) is 9.11. The van der Waals surface area contributed by atoms with Crippen LogP contribution in [0.2, 0.25) is 0 Å². The first-order valence-electron chi connectivity index (χ1n) is 7.74. The van der Waals surface area contributed by atoms with E-state index in [9.17, 15) is 4.79 Å². The van der Waals surface area contributed by atoms with Gasteiger partial charge in [-0.05, 0) is 65.1 Å². The summed E-state index contributed by atoms with van der Waals surface area (Å²) in [6.07, 6.45) is 10.4. The zero-order valence-corrected chi connectivity index (χ0v) is 13.0. The van der Waals surface area contributed by atoms with E-state index in [1.807, 2.05) is 0 Å². The van der Waals surface area contributed by atoms with Crippen LogP contribution in [0.25, 0.3) is 0 Å². The summed E-state index contributed by atoms with van der Waals surface area (Å²) < 4.78 is 5.46. The second-order valence-electron chi connectivity index (χ2n) is 6.80. The van der Waals surface area contributed by atoms with Crippen molar-refractivity contribution >= 4 is 5.97 Å². The maximum absolute atomic E-state index is 12.1. The lowest BCUT2D eigenvalue weighted by Crippen LogP contribution is -2.47. The minimum Gasteiger partial charge on any atom is -0.461 e. The van der Waals surface area contributed by atoms with E-state index in [1.54, 1.807) is 0 Å². The van der Waals surface area contributed by atoms with Crippen LogP contribution < -0.4 is 0 Å². The van der Waals surface area contributed by atoms with Crippen LogP contribution in [0.5, 0.6) is 0 Å². The number of nitrogens with zero attached hydrogens (tertiary/aromatic N) is 1. The van der Waals surface area contributed by atoms with Crippen molar-refractivity contribution < 1.29 is 9.53 Å². The van der Waals surface area contributed by atoms with Gasteiger partial charge < -0.3 is 4.74 Å². The van der Waals surface area contributed by atoms with Gasteiger partial charge in [0.25, 0.3) is 0 Å². The summed E-state index contributed by atoms with van der Waals surface area (Å²) >= 11 is 0. The maximum Gasteiger partial charge on any atom is 0.309 e. The smallest absolute Gasteiger partial charge is 0.309 e. The predicted molar refractivity (Wildman–Crippen MR) is 81.5 cm³/mol. The van der Waals surface area contributed by atoms with E-state index < -0.39 is 0 Å². The molecular weight excluding hydrogens is 250 g/mol. The van der Waals surface area contributed by atoms with Crippen molar-refractivity contribution in [3.8, 4) is 0 Å². The molecule has 0 spiro atoms. The molecule has 1 aliphatic heterocycles. The Hall–Kier alpha value is -1.09. The summed E-state index contributed by atoms with van der Waals surface area (Å²) in [4.78, 5) is 14.6. The highest BCUT2D eigenvalue weighted by atomic mass is 16.5. The van der Waals surface area contributed by atoms with Crippen molar-refractivity contribution in [2.75, 3.05) is 19.7 Å². The average Bonchev–Trinajstić information content (AvgIpc) is 2.45. The number of esters is 1. The van der Waals surface area contributed by atoms with Crippen LogP contribution in [-0.2, 0) is 9.53 Å². The van der Waals surface area contributed by atoms with Crippen LogP contribution >= 0.6 is 0 Å². The third-order valence-electron chi connectivity index (χ3n) is 4.23. The molecule has 0 N–H and O–H groups in total. The Morgan fingerprint density at radius 3 is 2.55 bits per heavy atom. The number of carbonyl (C=O) groups excluding carboxylic acids is 1. The Kier molecular flexibility index (Phi) is 5.03. The number of likely N-dealkylation sites (tertiary alicyclic amines) is 1. The van der Waals surface area contributed by atoms with Crippen molar-refractivity contribution in [2.45, 2.75) is 52.0 Å². The number of rotatable bonds is 3. The molecule has 0 aromatic heterocycles. The van der Waals surface area contributed by atoms with Gasteiger partial charge in [-0.15, -0.1) is 0 Å². The first kappa shape index (κ1) is 15.3. The largest absolute Gasteiger partial charge is 0.461 e. The third-order valence-corrected chi connectivity index (χ3v) is 4.23. The first-order valence-corrected chi connectivity index (χ1v) is 7.74. The van der Waals surface area contributed by atoms with Crippen molar-refractivity contribution in [2.24, 2.45) is 5.92 Å². The predicted octanol–water partition coefficient (Wildman–Crippen LogP) is 3.32. The van der Waals surface area contributed by atoms with Crippen LogP contribution in [0.1, 0.15) is 46.5 Å². The van der Waals surface area contributed by atoms with Crippen molar-refractivity contribution in [3.63, 3.8) is 0 Å². The summed E-state index contributed by atoms with van der Waals surface area (Å²) in [5.41, 5.74) is 1.34. The molecule has 0 saturated carbocycles. The number of hydrogen-bond acceptors (Lipinski definition) is 3. The number of hydrogen-bond donors (Lipinski definition) is 0. The minimum atomic E-state index is -0.0153. The van der Waals surface area contributed by atoms with Crippen LogP contribution in [0.15, 0.2) is 23.8 Å². The number of allylic oxidation sites excluding steroid dienone is 2. The second kappa shape index (κ2) is 6.57. The Morgan fingerprint density at radius 1 is 1.30 bits per heavy atom. The molecule has 3 nitrogen and oxygen atoms in total. The fourth-order valence-corrected chi connectivity index (χ4v) is 2.83. The second-order valence-corrected chi connectivity index (χ2v) is 6.80. The summed E-state index contributed by atoms with van der Waals surface area (Å²) in [6, 6.07) is 0. The van der Waals surface area contributed by atoms with E-state index in [-0.39, 0.29) is 17.4 Å². The fraction of sp³-hybridized carbons (Fsp3) is 0.706. The SMILES string of the molecule is CC(C)(C)N1CCC(C(=O)OCC2=CCCC=C2)CC1. The van der Waals surface area contributed by atoms with Crippen LogP contribution in [0.4, 0.5) is 0 Å².